The van der Waals surface area contributed by atoms with Crippen LogP contribution in [0.5, 0.6) is 0 Å². The smallest absolute Gasteiger partial charge is 0.203 e. The van der Waals surface area contributed by atoms with Gasteiger partial charge in [-0.25, -0.2) is 0 Å². The van der Waals surface area contributed by atoms with E-state index in [2.05, 4.69) is 0 Å². The molecule has 0 radical (unpaired) electrons. The Morgan fingerprint density at radius 1 is 1.19 bits per heavy atom. The molecule has 16 heavy (non-hydrogen) atoms. The molecule has 0 amide bonds. The minimum atomic E-state index is 0.0538. The molecule has 0 spiro atoms. The monoisotopic (exact) mass is 250 g/mol. The summed E-state index contributed by atoms with van der Waals surface area (Å²) in [4.78, 5) is 12.9. The van der Waals surface area contributed by atoms with E-state index in [1.54, 1.807) is 12.1 Å². The lowest BCUT2D eigenvalue weighted by Gasteiger charge is -2.05. The second kappa shape index (κ2) is 4.40. The highest BCUT2D eigenvalue weighted by molar-refractivity contribution is 7.18. The van der Waals surface area contributed by atoms with Crippen molar-refractivity contribution < 1.29 is 4.79 Å². The van der Waals surface area contributed by atoms with Crippen LogP contribution in [-0.4, -0.2) is 5.78 Å². The Bertz CT molecular complexity index is 543. The minimum Gasteiger partial charge on any atom is -0.288 e. The van der Waals surface area contributed by atoms with Crippen molar-refractivity contribution in [3.8, 4) is 0 Å². The summed E-state index contributed by atoms with van der Waals surface area (Å²) in [7, 11) is 0. The van der Waals surface area contributed by atoms with Gasteiger partial charge >= 0.3 is 0 Å². The molecule has 0 aliphatic heterocycles. The number of hydrogen-bond donors (Lipinski definition) is 0. The van der Waals surface area contributed by atoms with Crippen molar-refractivity contribution in [2.24, 2.45) is 0 Å². The molecule has 0 aliphatic rings. The third kappa shape index (κ3) is 2.04. The lowest BCUT2D eigenvalue weighted by atomic mass is 9.99. The lowest BCUT2D eigenvalue weighted by molar-refractivity contribution is 0.104. The Hall–Kier alpha value is -1.12. The number of carbonyl (C=O) groups excluding carboxylic acids is 1. The van der Waals surface area contributed by atoms with Gasteiger partial charge in [0.25, 0.3) is 0 Å². The Labute approximate surface area is 104 Å². The Balaban J connectivity index is 2.45. The first kappa shape index (κ1) is 11.4. The fraction of sp³-hybridized carbons (Fsp3) is 0.154. The normalized spacial score (nSPS) is 10.4. The van der Waals surface area contributed by atoms with Gasteiger partial charge in [0.05, 0.1) is 9.21 Å². The van der Waals surface area contributed by atoms with Gasteiger partial charge in [0.1, 0.15) is 0 Å². The molecule has 1 heterocycles. The van der Waals surface area contributed by atoms with Gasteiger partial charge in [0, 0.05) is 5.56 Å². The van der Waals surface area contributed by atoms with Crippen molar-refractivity contribution in [1.82, 2.24) is 0 Å². The molecule has 0 fully saturated rings. The van der Waals surface area contributed by atoms with Crippen LogP contribution in [-0.2, 0) is 0 Å². The molecule has 0 N–H and O–H groups in total. The topological polar surface area (TPSA) is 17.1 Å². The van der Waals surface area contributed by atoms with E-state index in [4.69, 9.17) is 11.6 Å². The standard InChI is InChI=1S/C13H11ClOS/c1-8-4-3-5-10(9(8)2)13(15)11-6-7-12(14)16-11/h3-7H,1-2H3. The van der Waals surface area contributed by atoms with Crippen LogP contribution in [0.1, 0.15) is 26.4 Å². The van der Waals surface area contributed by atoms with Crippen LogP contribution < -0.4 is 0 Å². The van der Waals surface area contributed by atoms with Crippen LogP contribution in [0.4, 0.5) is 0 Å². The van der Waals surface area contributed by atoms with Crippen LogP contribution in [0.2, 0.25) is 4.34 Å². The van der Waals surface area contributed by atoms with Gasteiger partial charge in [-0.05, 0) is 37.1 Å². The van der Waals surface area contributed by atoms with Crippen molar-refractivity contribution in [3.05, 3.63) is 56.2 Å². The predicted molar refractivity (Wildman–Crippen MR) is 68.7 cm³/mol. The third-order valence-electron chi connectivity index (χ3n) is 2.65. The number of ketones is 1. The van der Waals surface area contributed by atoms with Gasteiger partial charge in [-0.2, -0.15) is 0 Å². The molecular weight excluding hydrogens is 240 g/mol. The number of benzene rings is 1. The zero-order chi connectivity index (χ0) is 11.7. The summed E-state index contributed by atoms with van der Waals surface area (Å²) in [6.45, 7) is 3.98. The fourth-order valence-electron chi connectivity index (χ4n) is 1.57. The first-order valence-electron chi connectivity index (χ1n) is 4.96. The van der Waals surface area contributed by atoms with E-state index in [0.29, 0.717) is 9.21 Å². The second-order valence-corrected chi connectivity index (χ2v) is 5.40. The van der Waals surface area contributed by atoms with Crippen LogP contribution in [0.15, 0.2) is 30.3 Å². The van der Waals surface area contributed by atoms with Crippen molar-refractivity contribution in [3.63, 3.8) is 0 Å². The van der Waals surface area contributed by atoms with E-state index >= 15 is 0 Å². The van der Waals surface area contributed by atoms with Crippen LogP contribution in [0.25, 0.3) is 0 Å². The highest BCUT2D eigenvalue weighted by Crippen LogP contribution is 2.25. The highest BCUT2D eigenvalue weighted by Gasteiger charge is 2.14. The SMILES string of the molecule is Cc1cccc(C(=O)c2ccc(Cl)s2)c1C. The molecule has 82 valence electrons. The van der Waals surface area contributed by atoms with Gasteiger partial charge in [-0.15, -0.1) is 11.3 Å². The summed E-state index contributed by atoms with van der Waals surface area (Å²) >= 11 is 7.15. The molecule has 0 unspecified atom stereocenters. The average molecular weight is 251 g/mol. The zero-order valence-electron chi connectivity index (χ0n) is 9.08. The second-order valence-electron chi connectivity index (χ2n) is 3.68. The van der Waals surface area contributed by atoms with Crippen molar-refractivity contribution >= 4 is 28.7 Å². The Kier molecular flexibility index (Phi) is 3.13. The fourth-order valence-corrected chi connectivity index (χ4v) is 2.56. The maximum Gasteiger partial charge on any atom is 0.203 e. The summed E-state index contributed by atoms with van der Waals surface area (Å²) in [6, 6.07) is 9.30. The molecule has 0 bridgehead atoms. The van der Waals surface area contributed by atoms with Gasteiger partial charge in [0.2, 0.25) is 5.78 Å². The molecule has 0 saturated heterocycles. The average Bonchev–Trinajstić information content (AvgIpc) is 2.68. The molecule has 0 aliphatic carbocycles. The molecule has 0 saturated carbocycles. The lowest BCUT2D eigenvalue weighted by Crippen LogP contribution is -2.02. The molecule has 2 aromatic rings. The maximum atomic E-state index is 12.2. The van der Waals surface area contributed by atoms with E-state index < -0.39 is 0 Å². The molecular formula is C13H11ClOS. The van der Waals surface area contributed by atoms with Crippen LogP contribution in [0, 0.1) is 13.8 Å². The number of aryl methyl sites for hydroxylation is 1. The molecule has 1 aromatic carbocycles. The predicted octanol–water partition coefficient (Wildman–Crippen LogP) is 4.25. The van der Waals surface area contributed by atoms with Crippen molar-refractivity contribution in [2.75, 3.05) is 0 Å². The van der Waals surface area contributed by atoms with E-state index in [1.165, 1.54) is 11.3 Å². The molecule has 3 heteroatoms. The molecule has 2 rings (SSSR count). The summed E-state index contributed by atoms with van der Waals surface area (Å²) in [5.41, 5.74) is 2.93. The van der Waals surface area contributed by atoms with Crippen LogP contribution >= 0.6 is 22.9 Å². The van der Waals surface area contributed by atoms with E-state index in [9.17, 15) is 4.79 Å². The first-order chi connectivity index (χ1) is 7.59. The van der Waals surface area contributed by atoms with Gasteiger partial charge in [-0.3, -0.25) is 4.79 Å². The Morgan fingerprint density at radius 2 is 1.94 bits per heavy atom. The summed E-state index contributed by atoms with van der Waals surface area (Å²) in [5.74, 6) is 0.0538. The number of rotatable bonds is 2. The third-order valence-corrected chi connectivity index (χ3v) is 3.88. The largest absolute Gasteiger partial charge is 0.288 e. The van der Waals surface area contributed by atoms with E-state index in [0.717, 1.165) is 16.7 Å². The van der Waals surface area contributed by atoms with Gasteiger partial charge < -0.3 is 0 Å². The van der Waals surface area contributed by atoms with Gasteiger partial charge in [-0.1, -0.05) is 29.8 Å². The number of hydrogen-bond acceptors (Lipinski definition) is 2. The van der Waals surface area contributed by atoms with E-state index in [1.807, 2.05) is 32.0 Å². The highest BCUT2D eigenvalue weighted by atomic mass is 35.5. The number of carbonyl (C=O) groups is 1. The number of halogens is 1. The number of thiophene rings is 1. The Morgan fingerprint density at radius 3 is 2.56 bits per heavy atom. The molecule has 1 nitrogen and oxygen atoms in total. The maximum absolute atomic E-state index is 12.2. The van der Waals surface area contributed by atoms with Crippen LogP contribution in [0.3, 0.4) is 0 Å². The summed E-state index contributed by atoms with van der Waals surface area (Å²) < 4.78 is 0.647. The summed E-state index contributed by atoms with van der Waals surface area (Å²) in [5, 5.41) is 0. The van der Waals surface area contributed by atoms with Gasteiger partial charge in [0.15, 0.2) is 0 Å². The minimum absolute atomic E-state index is 0.0538. The zero-order valence-corrected chi connectivity index (χ0v) is 10.7. The molecule has 1 aromatic heterocycles. The quantitative estimate of drug-likeness (QED) is 0.729. The first-order valence-corrected chi connectivity index (χ1v) is 6.15. The summed E-state index contributed by atoms with van der Waals surface area (Å²) in [6.07, 6.45) is 0. The molecule has 0 atom stereocenters. The van der Waals surface area contributed by atoms with Crippen molar-refractivity contribution in [1.29, 1.82) is 0 Å². The van der Waals surface area contributed by atoms with E-state index in [-0.39, 0.29) is 5.78 Å². The van der Waals surface area contributed by atoms with Crippen molar-refractivity contribution in [2.45, 2.75) is 13.8 Å².